The van der Waals surface area contributed by atoms with Crippen molar-refractivity contribution in [2.24, 2.45) is 0 Å². The molecule has 0 aliphatic heterocycles. The molecule has 0 amide bonds. The maximum atomic E-state index is 13.8. The van der Waals surface area contributed by atoms with Crippen LogP contribution in [0, 0.1) is 23.0 Å². The van der Waals surface area contributed by atoms with Gasteiger partial charge in [-0.25, -0.2) is 17.2 Å². The lowest BCUT2D eigenvalue weighted by Gasteiger charge is -2.21. The van der Waals surface area contributed by atoms with Gasteiger partial charge in [-0.15, -0.1) is 0 Å². The van der Waals surface area contributed by atoms with E-state index in [1.165, 1.54) is 7.11 Å². The number of halogens is 3. The second-order valence-corrected chi connectivity index (χ2v) is 6.73. The fraction of sp³-hybridized carbons (Fsp3) is 0.417. The maximum Gasteiger partial charge on any atom is 0.247 e. The number of nitriles is 1. The molecular formula is C12H13BrF2N2O3S. The Kier molecular flexibility index (Phi) is 6.67. The van der Waals surface area contributed by atoms with Gasteiger partial charge in [0.1, 0.15) is 16.5 Å². The molecule has 0 bridgehead atoms. The van der Waals surface area contributed by atoms with Gasteiger partial charge in [0.2, 0.25) is 10.0 Å². The summed E-state index contributed by atoms with van der Waals surface area (Å²) in [6, 6.07) is 3.19. The number of nitrogens with zero attached hydrogens (tertiary/aromatic N) is 2. The van der Waals surface area contributed by atoms with Crippen LogP contribution in [0.15, 0.2) is 21.5 Å². The zero-order valence-corrected chi connectivity index (χ0v) is 13.5. The molecule has 5 nitrogen and oxygen atoms in total. The summed E-state index contributed by atoms with van der Waals surface area (Å²) < 4.78 is 57.4. The highest BCUT2D eigenvalue weighted by Gasteiger charge is 2.30. The van der Waals surface area contributed by atoms with Gasteiger partial charge in [0.15, 0.2) is 0 Å². The predicted molar refractivity (Wildman–Crippen MR) is 74.9 cm³/mol. The first kappa shape index (κ1) is 18.0. The molecule has 0 spiro atoms. The molecule has 21 heavy (non-hydrogen) atoms. The van der Waals surface area contributed by atoms with E-state index in [0.717, 1.165) is 10.4 Å². The Morgan fingerprint density at radius 1 is 1.38 bits per heavy atom. The summed E-state index contributed by atoms with van der Waals surface area (Å²) in [6.45, 7) is -0.0552. The van der Waals surface area contributed by atoms with Crippen LogP contribution in [-0.4, -0.2) is 39.5 Å². The van der Waals surface area contributed by atoms with Crippen molar-refractivity contribution in [1.29, 1.82) is 5.26 Å². The fourth-order valence-electron chi connectivity index (χ4n) is 1.62. The van der Waals surface area contributed by atoms with Crippen LogP contribution in [0.1, 0.15) is 6.42 Å². The van der Waals surface area contributed by atoms with Crippen LogP contribution in [0.3, 0.4) is 0 Å². The van der Waals surface area contributed by atoms with Gasteiger partial charge in [-0.1, -0.05) is 0 Å². The maximum absolute atomic E-state index is 13.8. The normalized spacial score (nSPS) is 11.6. The number of benzene rings is 1. The number of ether oxygens (including phenoxy) is 1. The van der Waals surface area contributed by atoms with Gasteiger partial charge in [-0.2, -0.15) is 9.57 Å². The SMILES string of the molecule is COCCN(CCC#N)S(=O)(=O)c1c(F)cc(F)cc1Br. The number of hydrogen-bond donors (Lipinski definition) is 0. The minimum atomic E-state index is -4.21. The molecule has 1 aromatic carbocycles. The van der Waals surface area contributed by atoms with Gasteiger partial charge in [-0.05, 0) is 22.0 Å². The lowest BCUT2D eigenvalue weighted by molar-refractivity contribution is 0.179. The molecule has 0 saturated heterocycles. The third-order valence-corrected chi connectivity index (χ3v) is 5.44. The molecule has 0 saturated carbocycles. The van der Waals surface area contributed by atoms with Crippen LogP contribution in [0.5, 0.6) is 0 Å². The zero-order chi connectivity index (χ0) is 16.0. The van der Waals surface area contributed by atoms with E-state index in [-0.39, 0.29) is 30.6 Å². The molecule has 0 fully saturated rings. The summed E-state index contributed by atoms with van der Waals surface area (Å²) >= 11 is 2.86. The third kappa shape index (κ3) is 4.44. The molecule has 0 aromatic heterocycles. The molecule has 0 heterocycles. The molecule has 116 valence electrons. The van der Waals surface area contributed by atoms with E-state index < -0.39 is 26.6 Å². The molecular weight excluding hydrogens is 370 g/mol. The van der Waals surface area contributed by atoms with E-state index >= 15 is 0 Å². The summed E-state index contributed by atoms with van der Waals surface area (Å²) in [6.07, 6.45) is -0.0522. The van der Waals surface area contributed by atoms with E-state index in [2.05, 4.69) is 15.9 Å². The van der Waals surface area contributed by atoms with Crippen molar-refractivity contribution in [1.82, 2.24) is 4.31 Å². The highest BCUT2D eigenvalue weighted by atomic mass is 79.9. The molecule has 9 heteroatoms. The van der Waals surface area contributed by atoms with Crippen LogP contribution >= 0.6 is 15.9 Å². The first-order valence-corrected chi connectivity index (χ1v) is 8.08. The first-order valence-electron chi connectivity index (χ1n) is 5.85. The first-order chi connectivity index (χ1) is 9.84. The molecule has 0 radical (unpaired) electrons. The molecule has 1 rings (SSSR count). The van der Waals surface area contributed by atoms with Crippen molar-refractivity contribution in [3.63, 3.8) is 0 Å². The van der Waals surface area contributed by atoms with Gasteiger partial charge in [-0.3, -0.25) is 0 Å². The lowest BCUT2D eigenvalue weighted by Crippen LogP contribution is -2.35. The Bertz CT molecular complexity index is 623. The largest absolute Gasteiger partial charge is 0.383 e. The summed E-state index contributed by atoms with van der Waals surface area (Å²) in [5.41, 5.74) is 0. The van der Waals surface area contributed by atoms with Crippen molar-refractivity contribution < 1.29 is 21.9 Å². The van der Waals surface area contributed by atoms with E-state index in [1.54, 1.807) is 0 Å². The molecule has 0 atom stereocenters. The molecule has 0 N–H and O–H groups in total. The fourth-order valence-corrected chi connectivity index (χ4v) is 4.16. The Morgan fingerprint density at radius 2 is 2.05 bits per heavy atom. The highest BCUT2D eigenvalue weighted by molar-refractivity contribution is 9.10. The van der Waals surface area contributed by atoms with Crippen LogP contribution in [0.25, 0.3) is 0 Å². The van der Waals surface area contributed by atoms with Gasteiger partial charge in [0.25, 0.3) is 0 Å². The number of sulfonamides is 1. The standard InChI is InChI=1S/C12H13BrF2N2O3S/c1-20-6-5-17(4-2-3-16)21(18,19)12-10(13)7-9(14)8-11(12)15/h7-8H,2,4-6H2,1H3. The third-order valence-electron chi connectivity index (χ3n) is 2.58. The van der Waals surface area contributed by atoms with Crippen molar-refractivity contribution >= 4 is 26.0 Å². The van der Waals surface area contributed by atoms with Gasteiger partial charge >= 0.3 is 0 Å². The molecule has 1 aromatic rings. The van der Waals surface area contributed by atoms with Crippen molar-refractivity contribution in [3.8, 4) is 6.07 Å². The number of methoxy groups -OCH3 is 1. The van der Waals surface area contributed by atoms with E-state index in [0.29, 0.717) is 6.07 Å². The summed E-state index contributed by atoms with van der Waals surface area (Å²) in [5.74, 6) is -2.08. The number of rotatable bonds is 7. The average Bonchev–Trinajstić information content (AvgIpc) is 2.36. The minimum Gasteiger partial charge on any atom is -0.383 e. The monoisotopic (exact) mass is 382 g/mol. The summed E-state index contributed by atoms with van der Waals surface area (Å²) in [7, 11) is -2.82. The Hall–Kier alpha value is -1.08. The van der Waals surface area contributed by atoms with E-state index in [1.807, 2.05) is 6.07 Å². The second kappa shape index (κ2) is 7.79. The molecule has 0 unspecified atom stereocenters. The summed E-state index contributed by atoms with van der Waals surface area (Å²) in [5, 5.41) is 8.59. The minimum absolute atomic E-state index is 0.0379. The number of hydrogen-bond acceptors (Lipinski definition) is 4. The van der Waals surface area contributed by atoms with E-state index in [4.69, 9.17) is 10.00 Å². The Labute approximate surface area is 130 Å². The van der Waals surface area contributed by atoms with Gasteiger partial charge in [0.05, 0.1) is 12.7 Å². The van der Waals surface area contributed by atoms with Crippen LogP contribution < -0.4 is 0 Å². The smallest absolute Gasteiger partial charge is 0.247 e. The van der Waals surface area contributed by atoms with Gasteiger partial charge < -0.3 is 4.74 Å². The average molecular weight is 383 g/mol. The summed E-state index contributed by atoms with van der Waals surface area (Å²) in [4.78, 5) is -0.655. The van der Waals surface area contributed by atoms with Crippen molar-refractivity contribution in [2.75, 3.05) is 26.8 Å². The quantitative estimate of drug-likeness (QED) is 0.725. The lowest BCUT2D eigenvalue weighted by atomic mass is 10.3. The topological polar surface area (TPSA) is 70.4 Å². The van der Waals surface area contributed by atoms with Crippen molar-refractivity contribution in [2.45, 2.75) is 11.3 Å². The van der Waals surface area contributed by atoms with Crippen LogP contribution in [0.2, 0.25) is 0 Å². The Balaban J connectivity index is 3.25. The molecule has 0 aliphatic rings. The van der Waals surface area contributed by atoms with E-state index in [9.17, 15) is 17.2 Å². The Morgan fingerprint density at radius 3 is 2.57 bits per heavy atom. The molecule has 0 aliphatic carbocycles. The highest BCUT2D eigenvalue weighted by Crippen LogP contribution is 2.29. The van der Waals surface area contributed by atoms with Crippen molar-refractivity contribution in [3.05, 3.63) is 28.2 Å². The predicted octanol–water partition coefficient (Wildman–Crippen LogP) is 2.28. The zero-order valence-electron chi connectivity index (χ0n) is 11.1. The van der Waals surface area contributed by atoms with Crippen LogP contribution in [0.4, 0.5) is 8.78 Å². The van der Waals surface area contributed by atoms with Crippen LogP contribution in [-0.2, 0) is 14.8 Å². The van der Waals surface area contributed by atoms with Gasteiger partial charge in [0, 0.05) is 37.2 Å². The second-order valence-electron chi connectivity index (χ2n) is 4.00.